The van der Waals surface area contributed by atoms with Gasteiger partial charge in [0.15, 0.2) is 0 Å². The third-order valence-corrected chi connectivity index (χ3v) is 4.18. The molecule has 2 aromatic rings. The van der Waals surface area contributed by atoms with Crippen LogP contribution in [0, 0.1) is 11.3 Å². The van der Waals surface area contributed by atoms with Crippen molar-refractivity contribution < 1.29 is 0 Å². The van der Waals surface area contributed by atoms with Crippen LogP contribution in [-0.2, 0) is 6.54 Å². The fourth-order valence-corrected chi connectivity index (χ4v) is 3.24. The first-order valence-corrected chi connectivity index (χ1v) is 7.41. The van der Waals surface area contributed by atoms with Crippen molar-refractivity contribution in [2.24, 2.45) is 0 Å². The van der Waals surface area contributed by atoms with Crippen LogP contribution in [0.15, 0.2) is 24.3 Å². The predicted molar refractivity (Wildman–Crippen MR) is 79.2 cm³/mol. The van der Waals surface area contributed by atoms with Crippen LogP contribution in [0.5, 0.6) is 0 Å². The van der Waals surface area contributed by atoms with Gasteiger partial charge in [0.2, 0.25) is 0 Å². The van der Waals surface area contributed by atoms with Crippen molar-refractivity contribution in [1.82, 2.24) is 14.5 Å². The Hall–Kier alpha value is -1.86. The van der Waals surface area contributed by atoms with Gasteiger partial charge in [0, 0.05) is 0 Å². The van der Waals surface area contributed by atoms with Gasteiger partial charge in [0.05, 0.1) is 23.1 Å². The van der Waals surface area contributed by atoms with Crippen molar-refractivity contribution in [2.45, 2.75) is 38.8 Å². The molecule has 2 heterocycles. The lowest BCUT2D eigenvalue weighted by molar-refractivity contribution is 0.226. The van der Waals surface area contributed by atoms with Crippen LogP contribution in [0.4, 0.5) is 0 Å². The summed E-state index contributed by atoms with van der Waals surface area (Å²) in [6, 6.07) is 10.7. The fourth-order valence-electron chi connectivity index (χ4n) is 3.24. The molecular formula is C16H20N4. The third kappa shape index (κ3) is 2.19. The normalized spacial score (nSPS) is 17.4. The zero-order valence-electron chi connectivity index (χ0n) is 11.9. The quantitative estimate of drug-likeness (QED) is 0.856. The monoisotopic (exact) mass is 268 g/mol. The third-order valence-electron chi connectivity index (χ3n) is 4.18. The van der Waals surface area contributed by atoms with Crippen molar-refractivity contribution in [3.8, 4) is 6.07 Å². The fraction of sp³-hybridized carbons (Fsp3) is 0.500. The molecule has 0 N–H and O–H groups in total. The SMILES string of the molecule is CCC(c1nc2ccccc2n1CC#N)N1CCCC1. The standard InChI is InChI=1S/C16H20N4/c1-2-14(19-10-5-6-11-19)16-18-13-7-3-4-8-15(13)20(16)12-9-17/h3-4,7-8,14H,2,5-6,10-12H2,1H3. The molecule has 104 valence electrons. The Morgan fingerprint density at radius 3 is 2.75 bits per heavy atom. The zero-order valence-corrected chi connectivity index (χ0v) is 11.9. The van der Waals surface area contributed by atoms with Crippen molar-refractivity contribution >= 4 is 11.0 Å². The Balaban J connectivity index is 2.08. The minimum absolute atomic E-state index is 0.332. The van der Waals surface area contributed by atoms with Gasteiger partial charge in [-0.1, -0.05) is 19.1 Å². The van der Waals surface area contributed by atoms with Crippen LogP contribution >= 0.6 is 0 Å². The highest BCUT2D eigenvalue weighted by molar-refractivity contribution is 5.76. The molecule has 1 aromatic heterocycles. The molecule has 0 saturated carbocycles. The maximum Gasteiger partial charge on any atom is 0.128 e. The topological polar surface area (TPSA) is 44.9 Å². The molecule has 0 bridgehead atoms. The molecule has 4 heteroatoms. The molecule has 1 aliphatic rings. The van der Waals surface area contributed by atoms with E-state index in [1.165, 1.54) is 12.8 Å². The summed E-state index contributed by atoms with van der Waals surface area (Å²) in [5.74, 6) is 1.05. The van der Waals surface area contributed by atoms with E-state index in [4.69, 9.17) is 10.2 Å². The van der Waals surface area contributed by atoms with Crippen molar-refractivity contribution in [2.75, 3.05) is 13.1 Å². The Morgan fingerprint density at radius 2 is 2.05 bits per heavy atom. The average Bonchev–Trinajstić information content (AvgIpc) is 3.10. The number of rotatable bonds is 4. The lowest BCUT2D eigenvalue weighted by Gasteiger charge is -2.26. The van der Waals surface area contributed by atoms with E-state index in [1.807, 2.05) is 18.2 Å². The molecule has 20 heavy (non-hydrogen) atoms. The molecule has 1 aliphatic heterocycles. The van der Waals surface area contributed by atoms with E-state index in [1.54, 1.807) is 0 Å². The molecule has 0 amide bonds. The van der Waals surface area contributed by atoms with Crippen molar-refractivity contribution in [3.63, 3.8) is 0 Å². The maximum absolute atomic E-state index is 9.13. The first-order valence-electron chi connectivity index (χ1n) is 7.41. The number of aromatic nitrogens is 2. The second kappa shape index (κ2) is 5.64. The molecular weight excluding hydrogens is 248 g/mol. The predicted octanol–water partition coefficient (Wildman–Crippen LogP) is 3.11. The van der Waals surface area contributed by atoms with Gasteiger partial charge >= 0.3 is 0 Å². The lowest BCUT2D eigenvalue weighted by Crippen LogP contribution is -2.27. The van der Waals surface area contributed by atoms with Gasteiger partial charge < -0.3 is 4.57 Å². The van der Waals surface area contributed by atoms with Gasteiger partial charge in [-0.3, -0.25) is 4.90 Å². The van der Waals surface area contributed by atoms with Crippen LogP contribution in [0.1, 0.15) is 38.1 Å². The van der Waals surface area contributed by atoms with E-state index < -0.39 is 0 Å². The van der Waals surface area contributed by atoms with Crippen LogP contribution in [0.25, 0.3) is 11.0 Å². The largest absolute Gasteiger partial charge is 0.313 e. The highest BCUT2D eigenvalue weighted by Gasteiger charge is 2.26. The molecule has 1 fully saturated rings. The lowest BCUT2D eigenvalue weighted by atomic mass is 10.2. The molecule has 1 saturated heterocycles. The Labute approximate surface area is 119 Å². The number of hydrogen-bond acceptors (Lipinski definition) is 3. The first kappa shape index (κ1) is 13.1. The number of nitrogens with zero attached hydrogens (tertiary/aromatic N) is 4. The molecule has 0 aliphatic carbocycles. The molecule has 4 nitrogen and oxygen atoms in total. The Kier molecular flexibility index (Phi) is 3.70. The second-order valence-electron chi connectivity index (χ2n) is 5.37. The first-order chi connectivity index (χ1) is 9.85. The van der Waals surface area contributed by atoms with Gasteiger partial charge in [-0.15, -0.1) is 0 Å². The number of benzene rings is 1. The molecule has 1 aromatic carbocycles. The van der Waals surface area contributed by atoms with E-state index in [2.05, 4.69) is 28.5 Å². The van der Waals surface area contributed by atoms with Crippen LogP contribution < -0.4 is 0 Å². The Morgan fingerprint density at radius 1 is 1.30 bits per heavy atom. The molecule has 0 spiro atoms. The second-order valence-corrected chi connectivity index (χ2v) is 5.37. The van der Waals surface area contributed by atoms with E-state index in [0.29, 0.717) is 12.6 Å². The van der Waals surface area contributed by atoms with Crippen LogP contribution in [0.3, 0.4) is 0 Å². The molecule has 1 atom stereocenters. The summed E-state index contributed by atoms with van der Waals surface area (Å²) < 4.78 is 2.09. The van der Waals surface area contributed by atoms with Crippen LogP contribution in [0.2, 0.25) is 0 Å². The van der Waals surface area contributed by atoms with Gasteiger partial charge in [-0.2, -0.15) is 5.26 Å². The molecule has 3 rings (SSSR count). The minimum Gasteiger partial charge on any atom is -0.313 e. The number of nitriles is 1. The van der Waals surface area contributed by atoms with E-state index in [-0.39, 0.29) is 0 Å². The number of imidazole rings is 1. The number of fused-ring (bicyclic) bond motifs is 1. The summed E-state index contributed by atoms with van der Waals surface area (Å²) in [6.07, 6.45) is 3.58. The summed E-state index contributed by atoms with van der Waals surface area (Å²) >= 11 is 0. The molecule has 1 unspecified atom stereocenters. The zero-order chi connectivity index (χ0) is 13.9. The highest BCUT2D eigenvalue weighted by Crippen LogP contribution is 2.29. The number of para-hydroxylation sites is 2. The summed E-state index contributed by atoms with van der Waals surface area (Å²) in [6.45, 7) is 4.88. The summed E-state index contributed by atoms with van der Waals surface area (Å²) in [5.41, 5.74) is 2.07. The summed E-state index contributed by atoms with van der Waals surface area (Å²) in [7, 11) is 0. The van der Waals surface area contributed by atoms with Gasteiger partial charge in [0.25, 0.3) is 0 Å². The van der Waals surface area contributed by atoms with Gasteiger partial charge in [-0.25, -0.2) is 4.98 Å². The molecule has 0 radical (unpaired) electrons. The Bertz CT molecular complexity index is 631. The smallest absolute Gasteiger partial charge is 0.128 e. The van der Waals surface area contributed by atoms with Crippen LogP contribution in [-0.4, -0.2) is 27.5 Å². The summed E-state index contributed by atoms with van der Waals surface area (Å²) in [5, 5.41) is 9.13. The van der Waals surface area contributed by atoms with Crippen molar-refractivity contribution in [1.29, 1.82) is 5.26 Å². The minimum atomic E-state index is 0.332. The van der Waals surface area contributed by atoms with Gasteiger partial charge in [-0.05, 0) is 44.5 Å². The van der Waals surface area contributed by atoms with Crippen molar-refractivity contribution in [3.05, 3.63) is 30.1 Å². The maximum atomic E-state index is 9.13. The van der Waals surface area contributed by atoms with E-state index >= 15 is 0 Å². The number of hydrogen-bond donors (Lipinski definition) is 0. The van der Waals surface area contributed by atoms with E-state index in [9.17, 15) is 0 Å². The average molecular weight is 268 g/mol. The van der Waals surface area contributed by atoms with Gasteiger partial charge in [0.1, 0.15) is 12.4 Å². The highest BCUT2D eigenvalue weighted by atomic mass is 15.2. The number of likely N-dealkylation sites (tertiary alicyclic amines) is 1. The van der Waals surface area contributed by atoms with E-state index in [0.717, 1.165) is 36.4 Å². The summed E-state index contributed by atoms with van der Waals surface area (Å²) in [4.78, 5) is 7.33.